The molecule has 122 valence electrons. The van der Waals surface area contributed by atoms with Gasteiger partial charge in [-0.1, -0.05) is 48.5 Å². The Morgan fingerprint density at radius 3 is 1.05 bits per heavy atom. The SMILES string of the molecule is CC[Si](CC)(CC)OCC(C)CO[Si](CC)(CC)CC. The minimum absolute atomic E-state index is 0.531. The fourth-order valence-electron chi connectivity index (χ4n) is 2.80. The summed E-state index contributed by atoms with van der Waals surface area (Å²) in [7, 11) is -2.85. The summed E-state index contributed by atoms with van der Waals surface area (Å²) in [6.07, 6.45) is 0. The molecule has 0 rings (SSSR count). The second kappa shape index (κ2) is 10.1. The third kappa shape index (κ3) is 6.00. The lowest BCUT2D eigenvalue weighted by Gasteiger charge is -2.32. The maximum Gasteiger partial charge on any atom is 0.191 e. The van der Waals surface area contributed by atoms with Gasteiger partial charge in [-0.3, -0.25) is 0 Å². The molecule has 0 aliphatic carbocycles. The van der Waals surface area contributed by atoms with E-state index >= 15 is 0 Å². The van der Waals surface area contributed by atoms with Crippen molar-refractivity contribution in [3.8, 4) is 0 Å². The second-order valence-corrected chi connectivity index (χ2v) is 15.8. The largest absolute Gasteiger partial charge is 0.416 e. The monoisotopic (exact) mass is 318 g/mol. The lowest BCUT2D eigenvalue weighted by atomic mass is 10.2. The van der Waals surface area contributed by atoms with Crippen LogP contribution in [0, 0.1) is 5.92 Å². The molecule has 0 saturated carbocycles. The van der Waals surface area contributed by atoms with Gasteiger partial charge in [-0.2, -0.15) is 0 Å². The zero-order valence-corrected chi connectivity index (χ0v) is 17.1. The van der Waals surface area contributed by atoms with Gasteiger partial charge in [0.15, 0.2) is 16.6 Å². The van der Waals surface area contributed by atoms with Gasteiger partial charge in [0.25, 0.3) is 0 Å². The Labute approximate surface area is 129 Å². The third-order valence-electron chi connectivity index (χ3n) is 5.21. The molecule has 0 aliphatic rings. The Hall–Kier alpha value is 0.354. The van der Waals surface area contributed by atoms with Gasteiger partial charge < -0.3 is 8.85 Å². The smallest absolute Gasteiger partial charge is 0.191 e. The van der Waals surface area contributed by atoms with E-state index in [9.17, 15) is 0 Å². The second-order valence-electron chi connectivity index (χ2n) is 6.21. The molecule has 0 amide bonds. The maximum absolute atomic E-state index is 6.38. The molecular weight excluding hydrogens is 280 g/mol. The van der Waals surface area contributed by atoms with E-state index in [0.717, 1.165) is 13.2 Å². The van der Waals surface area contributed by atoms with Crippen LogP contribution in [0.15, 0.2) is 0 Å². The van der Waals surface area contributed by atoms with Crippen LogP contribution in [0.4, 0.5) is 0 Å². The van der Waals surface area contributed by atoms with Crippen molar-refractivity contribution in [3.05, 3.63) is 0 Å². The quantitative estimate of drug-likeness (QED) is 0.432. The van der Waals surface area contributed by atoms with Gasteiger partial charge in [0.1, 0.15) is 0 Å². The van der Waals surface area contributed by atoms with Crippen molar-refractivity contribution in [2.24, 2.45) is 5.92 Å². The van der Waals surface area contributed by atoms with Crippen LogP contribution >= 0.6 is 0 Å². The van der Waals surface area contributed by atoms with Crippen molar-refractivity contribution in [2.45, 2.75) is 84.7 Å². The molecule has 2 nitrogen and oxygen atoms in total. The summed E-state index contributed by atoms with van der Waals surface area (Å²) in [5, 5.41) is 0. The summed E-state index contributed by atoms with van der Waals surface area (Å²) in [5.41, 5.74) is 0. The van der Waals surface area contributed by atoms with Crippen LogP contribution in [0.2, 0.25) is 36.3 Å². The maximum atomic E-state index is 6.38. The molecule has 0 fully saturated rings. The molecule has 0 N–H and O–H groups in total. The van der Waals surface area contributed by atoms with Crippen LogP contribution < -0.4 is 0 Å². The summed E-state index contributed by atoms with van der Waals surface area (Å²) in [6.45, 7) is 17.8. The average molecular weight is 319 g/mol. The summed E-state index contributed by atoms with van der Waals surface area (Å²) < 4.78 is 12.8. The Balaban J connectivity index is 4.26. The molecule has 0 spiro atoms. The van der Waals surface area contributed by atoms with Crippen LogP contribution in [-0.4, -0.2) is 29.8 Å². The minimum Gasteiger partial charge on any atom is -0.416 e. The molecule has 0 aromatic heterocycles. The van der Waals surface area contributed by atoms with Crippen LogP contribution in [0.25, 0.3) is 0 Å². The Morgan fingerprint density at radius 2 is 0.850 bits per heavy atom. The van der Waals surface area contributed by atoms with E-state index in [1.165, 1.54) is 36.3 Å². The normalized spacial score (nSPS) is 13.2. The molecule has 0 radical (unpaired) electrons. The topological polar surface area (TPSA) is 18.5 Å². The minimum atomic E-state index is -1.42. The molecule has 0 bridgehead atoms. The van der Waals surface area contributed by atoms with Gasteiger partial charge in [0.05, 0.1) is 0 Å². The molecule has 20 heavy (non-hydrogen) atoms. The van der Waals surface area contributed by atoms with Gasteiger partial charge in [-0.25, -0.2) is 0 Å². The summed E-state index contributed by atoms with van der Waals surface area (Å²) in [4.78, 5) is 0. The molecule has 0 saturated heterocycles. The van der Waals surface area contributed by atoms with E-state index in [4.69, 9.17) is 8.85 Å². The summed E-state index contributed by atoms with van der Waals surface area (Å²) in [6, 6.07) is 7.45. The fraction of sp³-hybridized carbons (Fsp3) is 1.00. The van der Waals surface area contributed by atoms with E-state index in [1.807, 2.05) is 0 Å². The lowest BCUT2D eigenvalue weighted by molar-refractivity contribution is 0.173. The van der Waals surface area contributed by atoms with E-state index in [2.05, 4.69) is 48.5 Å². The van der Waals surface area contributed by atoms with Crippen molar-refractivity contribution < 1.29 is 8.85 Å². The standard InChI is InChI=1S/C16H38O2Si2/c1-8-19(9-2,10-3)17-14-16(7)15-18-20(11-4,12-5)13-6/h16H,8-15H2,1-7H3. The van der Waals surface area contributed by atoms with E-state index in [1.54, 1.807) is 0 Å². The van der Waals surface area contributed by atoms with Gasteiger partial charge in [0.2, 0.25) is 0 Å². The van der Waals surface area contributed by atoms with Crippen LogP contribution in [0.3, 0.4) is 0 Å². The molecule has 0 heterocycles. The van der Waals surface area contributed by atoms with Crippen molar-refractivity contribution >= 4 is 16.6 Å². The Morgan fingerprint density at radius 1 is 0.600 bits per heavy atom. The molecule has 0 unspecified atom stereocenters. The van der Waals surface area contributed by atoms with Gasteiger partial charge >= 0.3 is 0 Å². The van der Waals surface area contributed by atoms with Gasteiger partial charge in [-0.05, 0) is 36.3 Å². The summed E-state index contributed by atoms with van der Waals surface area (Å²) >= 11 is 0. The highest BCUT2D eigenvalue weighted by Gasteiger charge is 2.31. The highest BCUT2D eigenvalue weighted by atomic mass is 28.4. The number of hydrogen-bond acceptors (Lipinski definition) is 2. The fourth-order valence-corrected chi connectivity index (χ4v) is 8.30. The van der Waals surface area contributed by atoms with Gasteiger partial charge in [-0.15, -0.1) is 0 Å². The lowest BCUT2D eigenvalue weighted by Crippen LogP contribution is -2.40. The Bertz CT molecular complexity index is 198. The van der Waals surface area contributed by atoms with E-state index in [0.29, 0.717) is 5.92 Å². The zero-order chi connectivity index (χ0) is 15.6. The average Bonchev–Trinajstić information content (AvgIpc) is 2.51. The highest BCUT2D eigenvalue weighted by molar-refractivity contribution is 6.74. The van der Waals surface area contributed by atoms with E-state index in [-0.39, 0.29) is 0 Å². The zero-order valence-electron chi connectivity index (χ0n) is 15.1. The molecule has 0 aromatic carbocycles. The van der Waals surface area contributed by atoms with Gasteiger partial charge in [0, 0.05) is 19.1 Å². The number of hydrogen-bond donors (Lipinski definition) is 0. The van der Waals surface area contributed by atoms with Crippen LogP contribution in [0.1, 0.15) is 48.5 Å². The molecular formula is C16H38O2Si2. The van der Waals surface area contributed by atoms with Crippen molar-refractivity contribution in [2.75, 3.05) is 13.2 Å². The first-order valence-corrected chi connectivity index (χ1v) is 13.8. The number of rotatable bonds is 12. The third-order valence-corrected chi connectivity index (χ3v) is 14.5. The Kier molecular flexibility index (Phi) is 10.3. The van der Waals surface area contributed by atoms with Crippen LogP contribution in [0.5, 0.6) is 0 Å². The predicted molar refractivity (Wildman–Crippen MR) is 95.5 cm³/mol. The van der Waals surface area contributed by atoms with E-state index < -0.39 is 16.6 Å². The first-order chi connectivity index (χ1) is 9.46. The van der Waals surface area contributed by atoms with Crippen molar-refractivity contribution in [1.29, 1.82) is 0 Å². The van der Waals surface area contributed by atoms with Crippen molar-refractivity contribution in [1.82, 2.24) is 0 Å². The molecule has 0 atom stereocenters. The predicted octanol–water partition coefficient (Wildman–Crippen LogP) is 5.67. The summed E-state index contributed by atoms with van der Waals surface area (Å²) in [5.74, 6) is 0.531. The molecule has 4 heteroatoms. The molecule has 0 aromatic rings. The van der Waals surface area contributed by atoms with Crippen LogP contribution in [-0.2, 0) is 8.85 Å². The first-order valence-electron chi connectivity index (χ1n) is 8.74. The first kappa shape index (κ1) is 20.4. The highest BCUT2D eigenvalue weighted by Crippen LogP contribution is 2.24. The van der Waals surface area contributed by atoms with Crippen molar-refractivity contribution in [3.63, 3.8) is 0 Å². The molecule has 0 aliphatic heterocycles.